The van der Waals surface area contributed by atoms with Crippen molar-refractivity contribution < 1.29 is 0 Å². The summed E-state index contributed by atoms with van der Waals surface area (Å²) in [5.74, 6) is 0.606. The fraction of sp³-hybridized carbons (Fsp3) is 0.333. The Labute approximate surface area is 114 Å². The minimum Gasteiger partial charge on any atom is -0.383 e. The fourth-order valence-electron chi connectivity index (χ4n) is 2.28. The molecule has 0 radical (unpaired) electrons. The molecule has 100 valence electrons. The molecule has 0 spiro atoms. The average molecular weight is 256 g/mol. The van der Waals surface area contributed by atoms with Crippen LogP contribution in [0.3, 0.4) is 0 Å². The number of pyridine rings is 2. The van der Waals surface area contributed by atoms with Crippen molar-refractivity contribution in [1.82, 2.24) is 15.3 Å². The lowest BCUT2D eigenvalue weighted by molar-refractivity contribution is 0.586. The Balaban J connectivity index is 2.28. The van der Waals surface area contributed by atoms with Crippen molar-refractivity contribution in [3.63, 3.8) is 0 Å². The molecule has 0 saturated carbocycles. The van der Waals surface area contributed by atoms with E-state index in [1.54, 1.807) is 6.20 Å². The van der Waals surface area contributed by atoms with E-state index in [0.717, 1.165) is 18.4 Å². The number of aryl methyl sites for hydroxylation is 1. The standard InChI is InChI=1S/C15H20N4/c1-3-11-10-18-8-6-13(11)14(17-2)9-12-5-4-7-19-15(12)16/h4-8,10,14,17H,3,9H2,1-2H3,(H2,16,19). The van der Waals surface area contributed by atoms with Gasteiger partial charge in [0.1, 0.15) is 5.82 Å². The first-order valence-electron chi connectivity index (χ1n) is 6.55. The van der Waals surface area contributed by atoms with Crippen molar-refractivity contribution in [3.05, 3.63) is 53.5 Å². The Kier molecular flexibility index (Phi) is 4.47. The summed E-state index contributed by atoms with van der Waals surface area (Å²) in [6, 6.07) is 6.25. The molecule has 0 amide bonds. The number of rotatable bonds is 5. The van der Waals surface area contributed by atoms with Gasteiger partial charge < -0.3 is 11.1 Å². The number of aromatic nitrogens is 2. The Morgan fingerprint density at radius 2 is 2.11 bits per heavy atom. The van der Waals surface area contributed by atoms with Gasteiger partial charge in [0.25, 0.3) is 0 Å². The molecule has 0 aromatic carbocycles. The molecule has 2 aromatic rings. The number of nitrogens with zero attached hydrogens (tertiary/aromatic N) is 2. The van der Waals surface area contributed by atoms with Crippen molar-refractivity contribution in [1.29, 1.82) is 0 Å². The first kappa shape index (κ1) is 13.5. The summed E-state index contributed by atoms with van der Waals surface area (Å²) in [5.41, 5.74) is 9.54. The summed E-state index contributed by atoms with van der Waals surface area (Å²) in [6.07, 6.45) is 7.30. The topological polar surface area (TPSA) is 63.8 Å². The van der Waals surface area contributed by atoms with Gasteiger partial charge in [-0.05, 0) is 48.7 Å². The van der Waals surface area contributed by atoms with E-state index < -0.39 is 0 Å². The lowest BCUT2D eigenvalue weighted by atomic mass is 9.95. The number of anilines is 1. The number of hydrogen-bond acceptors (Lipinski definition) is 4. The van der Waals surface area contributed by atoms with Crippen LogP contribution in [0.25, 0.3) is 0 Å². The second kappa shape index (κ2) is 6.29. The molecule has 19 heavy (non-hydrogen) atoms. The van der Waals surface area contributed by atoms with E-state index in [0.29, 0.717) is 5.82 Å². The number of nitrogens with one attached hydrogen (secondary N) is 1. The fourth-order valence-corrected chi connectivity index (χ4v) is 2.28. The second-order valence-electron chi connectivity index (χ2n) is 4.52. The van der Waals surface area contributed by atoms with Crippen LogP contribution < -0.4 is 11.1 Å². The summed E-state index contributed by atoms with van der Waals surface area (Å²) in [7, 11) is 1.97. The highest BCUT2D eigenvalue weighted by Gasteiger charge is 2.15. The SMILES string of the molecule is CCc1cnccc1C(Cc1cccnc1N)NC. The molecule has 0 fully saturated rings. The lowest BCUT2D eigenvalue weighted by Crippen LogP contribution is -2.21. The van der Waals surface area contributed by atoms with Crippen LogP contribution in [0.2, 0.25) is 0 Å². The van der Waals surface area contributed by atoms with Crippen LogP contribution in [0.1, 0.15) is 29.7 Å². The quantitative estimate of drug-likeness (QED) is 0.860. The highest BCUT2D eigenvalue weighted by Crippen LogP contribution is 2.23. The molecule has 2 heterocycles. The zero-order valence-electron chi connectivity index (χ0n) is 11.4. The third kappa shape index (κ3) is 3.09. The Morgan fingerprint density at radius 1 is 1.26 bits per heavy atom. The second-order valence-corrected chi connectivity index (χ2v) is 4.52. The van der Waals surface area contributed by atoms with Gasteiger partial charge in [-0.15, -0.1) is 0 Å². The van der Waals surface area contributed by atoms with Crippen LogP contribution in [-0.4, -0.2) is 17.0 Å². The number of hydrogen-bond donors (Lipinski definition) is 2. The normalized spacial score (nSPS) is 12.3. The predicted octanol–water partition coefficient (Wildman–Crippen LogP) is 2.12. The number of nitrogen functional groups attached to an aromatic ring is 1. The molecule has 2 aromatic heterocycles. The van der Waals surface area contributed by atoms with Gasteiger partial charge in [0.2, 0.25) is 0 Å². The maximum absolute atomic E-state index is 5.92. The van der Waals surface area contributed by atoms with E-state index in [1.807, 2.05) is 31.6 Å². The minimum absolute atomic E-state index is 0.226. The van der Waals surface area contributed by atoms with Crippen LogP contribution in [0, 0.1) is 0 Å². The van der Waals surface area contributed by atoms with Crippen molar-refractivity contribution in [2.45, 2.75) is 25.8 Å². The van der Waals surface area contributed by atoms with Crippen molar-refractivity contribution in [3.8, 4) is 0 Å². The van der Waals surface area contributed by atoms with Crippen molar-refractivity contribution >= 4 is 5.82 Å². The molecule has 0 saturated heterocycles. The Bertz CT molecular complexity index is 539. The largest absolute Gasteiger partial charge is 0.383 e. The summed E-state index contributed by atoms with van der Waals surface area (Å²) >= 11 is 0. The smallest absolute Gasteiger partial charge is 0.126 e. The number of likely N-dealkylation sites (N-methyl/N-ethyl adjacent to an activating group) is 1. The molecule has 0 aliphatic rings. The molecule has 4 nitrogen and oxygen atoms in total. The van der Waals surface area contributed by atoms with E-state index in [-0.39, 0.29) is 6.04 Å². The van der Waals surface area contributed by atoms with E-state index in [4.69, 9.17) is 5.73 Å². The van der Waals surface area contributed by atoms with E-state index in [1.165, 1.54) is 11.1 Å². The van der Waals surface area contributed by atoms with Crippen molar-refractivity contribution in [2.75, 3.05) is 12.8 Å². The van der Waals surface area contributed by atoms with E-state index >= 15 is 0 Å². The minimum atomic E-state index is 0.226. The molecular weight excluding hydrogens is 236 g/mol. The van der Waals surface area contributed by atoms with Gasteiger partial charge in [0.15, 0.2) is 0 Å². The Morgan fingerprint density at radius 3 is 2.79 bits per heavy atom. The maximum atomic E-state index is 5.92. The van der Waals surface area contributed by atoms with Gasteiger partial charge >= 0.3 is 0 Å². The van der Waals surface area contributed by atoms with Gasteiger partial charge in [-0.2, -0.15) is 0 Å². The lowest BCUT2D eigenvalue weighted by Gasteiger charge is -2.20. The van der Waals surface area contributed by atoms with Gasteiger partial charge in [-0.3, -0.25) is 4.98 Å². The van der Waals surface area contributed by atoms with Crippen LogP contribution >= 0.6 is 0 Å². The molecule has 1 unspecified atom stereocenters. The van der Waals surface area contributed by atoms with Gasteiger partial charge in [0, 0.05) is 24.6 Å². The predicted molar refractivity (Wildman–Crippen MR) is 77.8 cm³/mol. The zero-order chi connectivity index (χ0) is 13.7. The number of nitrogens with two attached hydrogens (primary N) is 1. The highest BCUT2D eigenvalue weighted by atomic mass is 14.9. The van der Waals surface area contributed by atoms with Crippen LogP contribution in [0.5, 0.6) is 0 Å². The maximum Gasteiger partial charge on any atom is 0.126 e. The van der Waals surface area contributed by atoms with Gasteiger partial charge in [-0.1, -0.05) is 13.0 Å². The van der Waals surface area contributed by atoms with E-state index in [2.05, 4.69) is 28.3 Å². The third-order valence-corrected chi connectivity index (χ3v) is 3.40. The molecule has 1 atom stereocenters. The van der Waals surface area contributed by atoms with Gasteiger partial charge in [-0.25, -0.2) is 4.98 Å². The first-order valence-corrected chi connectivity index (χ1v) is 6.55. The molecule has 0 bridgehead atoms. The summed E-state index contributed by atoms with van der Waals surface area (Å²) in [4.78, 5) is 8.33. The third-order valence-electron chi connectivity index (χ3n) is 3.40. The van der Waals surface area contributed by atoms with Crippen molar-refractivity contribution in [2.24, 2.45) is 0 Å². The molecule has 0 aliphatic heterocycles. The molecule has 2 rings (SSSR count). The van der Waals surface area contributed by atoms with Gasteiger partial charge in [0.05, 0.1) is 0 Å². The Hall–Kier alpha value is -1.94. The molecule has 4 heteroatoms. The van der Waals surface area contributed by atoms with Crippen LogP contribution in [0.4, 0.5) is 5.82 Å². The van der Waals surface area contributed by atoms with E-state index in [9.17, 15) is 0 Å². The molecule has 0 aliphatic carbocycles. The summed E-state index contributed by atoms with van der Waals surface area (Å²) in [6.45, 7) is 2.14. The highest BCUT2D eigenvalue weighted by molar-refractivity contribution is 5.40. The first-order chi connectivity index (χ1) is 9.26. The summed E-state index contributed by atoms with van der Waals surface area (Å²) in [5, 5.41) is 3.36. The molecule has 3 N–H and O–H groups in total. The van der Waals surface area contributed by atoms with Crippen LogP contribution in [-0.2, 0) is 12.8 Å². The zero-order valence-corrected chi connectivity index (χ0v) is 11.4. The monoisotopic (exact) mass is 256 g/mol. The van der Waals surface area contributed by atoms with Crippen LogP contribution in [0.15, 0.2) is 36.8 Å². The summed E-state index contributed by atoms with van der Waals surface area (Å²) < 4.78 is 0. The molecular formula is C15H20N4. The average Bonchev–Trinajstić information content (AvgIpc) is 2.46.